The van der Waals surface area contributed by atoms with Crippen LogP contribution >= 0.6 is 0 Å². The Bertz CT molecular complexity index is 216. The summed E-state index contributed by atoms with van der Waals surface area (Å²) in [5, 5.41) is 11.4. The molecule has 0 unspecified atom stereocenters. The summed E-state index contributed by atoms with van der Waals surface area (Å²) in [7, 11) is 0. The molecule has 0 spiro atoms. The highest BCUT2D eigenvalue weighted by Gasteiger charge is 2.44. The molecule has 2 rings (SSSR count). The maximum atomic E-state index is 11.4. The number of aliphatic hydroxyl groups is 1. The maximum Gasteiger partial charge on any atom is 0.0706 e. The molecule has 2 saturated carbocycles. The van der Waals surface area contributed by atoms with Crippen molar-refractivity contribution < 1.29 is 5.11 Å². The lowest BCUT2D eigenvalue weighted by molar-refractivity contribution is -0.105. The van der Waals surface area contributed by atoms with E-state index in [1.807, 2.05) is 0 Å². The van der Waals surface area contributed by atoms with Gasteiger partial charge in [-0.1, -0.05) is 52.4 Å². The van der Waals surface area contributed by atoms with Gasteiger partial charge in [-0.2, -0.15) is 0 Å². The van der Waals surface area contributed by atoms with Gasteiger partial charge in [0.25, 0.3) is 0 Å². The van der Waals surface area contributed by atoms with E-state index in [2.05, 4.69) is 13.8 Å². The van der Waals surface area contributed by atoms with Crippen molar-refractivity contribution in [2.75, 3.05) is 0 Å². The first-order valence-corrected chi connectivity index (χ1v) is 8.35. The predicted molar refractivity (Wildman–Crippen MR) is 77.6 cm³/mol. The molecule has 2 fully saturated rings. The average molecular weight is 252 g/mol. The van der Waals surface area contributed by atoms with Crippen LogP contribution in [0.3, 0.4) is 0 Å². The highest BCUT2D eigenvalue weighted by atomic mass is 16.3. The molecule has 18 heavy (non-hydrogen) atoms. The topological polar surface area (TPSA) is 20.2 Å². The highest BCUT2D eigenvalue weighted by molar-refractivity contribution is 4.95. The van der Waals surface area contributed by atoms with Crippen LogP contribution in [0.1, 0.15) is 84.5 Å². The third kappa shape index (κ3) is 3.29. The summed E-state index contributed by atoms with van der Waals surface area (Å²) in [5.74, 6) is 1.81. The lowest BCUT2D eigenvalue weighted by Crippen LogP contribution is -2.47. The first-order valence-electron chi connectivity index (χ1n) is 8.35. The Kier molecular flexibility index (Phi) is 5.12. The minimum absolute atomic E-state index is 0.338. The van der Waals surface area contributed by atoms with Gasteiger partial charge >= 0.3 is 0 Å². The Morgan fingerprint density at radius 3 is 1.56 bits per heavy atom. The van der Waals surface area contributed by atoms with Gasteiger partial charge in [-0.15, -0.1) is 0 Å². The summed E-state index contributed by atoms with van der Waals surface area (Å²) in [6.45, 7) is 4.55. The Balaban J connectivity index is 2.09. The molecule has 0 aromatic rings. The van der Waals surface area contributed by atoms with E-state index in [1.54, 1.807) is 0 Å². The molecule has 1 heteroatoms. The normalized spacial score (nSPS) is 24.7. The fourth-order valence-corrected chi connectivity index (χ4v) is 4.53. The molecule has 0 aromatic heterocycles. The standard InChI is InChI=1S/C17H32O/c1-14(2)13-17(18,15-9-5-3-6-10-15)16-11-7-4-8-12-16/h14-16,18H,3-13H2,1-2H3. The van der Waals surface area contributed by atoms with Crippen molar-refractivity contribution in [1.29, 1.82) is 0 Å². The van der Waals surface area contributed by atoms with E-state index in [0.717, 1.165) is 6.42 Å². The highest BCUT2D eigenvalue weighted by Crippen LogP contribution is 2.45. The average Bonchev–Trinajstić information content (AvgIpc) is 2.40. The molecule has 0 heterocycles. The second-order valence-corrected chi connectivity index (χ2v) is 7.26. The van der Waals surface area contributed by atoms with Gasteiger partial charge in [0, 0.05) is 0 Å². The second-order valence-electron chi connectivity index (χ2n) is 7.26. The van der Waals surface area contributed by atoms with Crippen LogP contribution in [0.15, 0.2) is 0 Å². The van der Waals surface area contributed by atoms with Crippen LogP contribution < -0.4 is 0 Å². The maximum absolute atomic E-state index is 11.4. The zero-order valence-electron chi connectivity index (χ0n) is 12.5. The predicted octanol–water partition coefficient (Wildman–Crippen LogP) is 4.92. The van der Waals surface area contributed by atoms with Crippen LogP contribution in [-0.2, 0) is 0 Å². The lowest BCUT2D eigenvalue weighted by Gasteiger charge is -2.46. The summed E-state index contributed by atoms with van der Waals surface area (Å²) in [6, 6.07) is 0. The van der Waals surface area contributed by atoms with E-state index in [-0.39, 0.29) is 5.60 Å². The van der Waals surface area contributed by atoms with E-state index in [4.69, 9.17) is 0 Å². The molecule has 0 amide bonds. The lowest BCUT2D eigenvalue weighted by atomic mass is 9.64. The molecule has 2 aliphatic rings. The molecule has 0 saturated heterocycles. The molecule has 0 bridgehead atoms. The fraction of sp³-hybridized carbons (Fsp3) is 1.00. The van der Waals surface area contributed by atoms with Crippen LogP contribution in [0, 0.1) is 17.8 Å². The Hall–Kier alpha value is -0.0400. The fourth-order valence-electron chi connectivity index (χ4n) is 4.53. The summed E-state index contributed by atoms with van der Waals surface area (Å²) in [4.78, 5) is 0. The van der Waals surface area contributed by atoms with Crippen LogP contribution in [0.2, 0.25) is 0 Å². The van der Waals surface area contributed by atoms with Gasteiger partial charge in [-0.05, 0) is 49.9 Å². The molecule has 0 radical (unpaired) electrons. The van der Waals surface area contributed by atoms with Gasteiger partial charge in [0.15, 0.2) is 0 Å². The zero-order chi connectivity index (χ0) is 13.0. The largest absolute Gasteiger partial charge is 0.389 e. The Labute approximate surface area is 113 Å². The van der Waals surface area contributed by atoms with Crippen molar-refractivity contribution in [2.24, 2.45) is 17.8 Å². The molecular weight excluding hydrogens is 220 g/mol. The quantitative estimate of drug-likeness (QED) is 0.752. The van der Waals surface area contributed by atoms with Crippen molar-refractivity contribution >= 4 is 0 Å². The molecular formula is C17H32O. The number of hydrogen-bond acceptors (Lipinski definition) is 1. The monoisotopic (exact) mass is 252 g/mol. The van der Waals surface area contributed by atoms with E-state index >= 15 is 0 Å². The molecule has 1 N–H and O–H groups in total. The summed E-state index contributed by atoms with van der Waals surface area (Å²) in [6.07, 6.45) is 14.3. The Morgan fingerprint density at radius 2 is 1.22 bits per heavy atom. The van der Waals surface area contributed by atoms with Gasteiger partial charge in [0.2, 0.25) is 0 Å². The van der Waals surface area contributed by atoms with Gasteiger partial charge in [-0.25, -0.2) is 0 Å². The minimum Gasteiger partial charge on any atom is -0.389 e. The van der Waals surface area contributed by atoms with Gasteiger partial charge in [0.1, 0.15) is 0 Å². The van der Waals surface area contributed by atoms with Crippen molar-refractivity contribution in [3.8, 4) is 0 Å². The van der Waals surface area contributed by atoms with Crippen LogP contribution in [-0.4, -0.2) is 10.7 Å². The summed E-state index contributed by atoms with van der Waals surface area (Å²) >= 11 is 0. The van der Waals surface area contributed by atoms with E-state index in [1.165, 1.54) is 64.2 Å². The van der Waals surface area contributed by atoms with Gasteiger partial charge < -0.3 is 5.11 Å². The molecule has 0 atom stereocenters. The van der Waals surface area contributed by atoms with E-state index < -0.39 is 0 Å². The van der Waals surface area contributed by atoms with Crippen molar-refractivity contribution in [3.05, 3.63) is 0 Å². The van der Waals surface area contributed by atoms with Gasteiger partial charge in [-0.3, -0.25) is 0 Å². The van der Waals surface area contributed by atoms with Crippen LogP contribution in [0.5, 0.6) is 0 Å². The third-order valence-corrected chi connectivity index (χ3v) is 5.36. The molecule has 0 aromatic carbocycles. The number of hydrogen-bond donors (Lipinski definition) is 1. The second kappa shape index (κ2) is 6.41. The molecule has 2 aliphatic carbocycles. The summed E-state index contributed by atoms with van der Waals surface area (Å²) < 4.78 is 0. The van der Waals surface area contributed by atoms with Crippen molar-refractivity contribution in [3.63, 3.8) is 0 Å². The molecule has 0 aliphatic heterocycles. The van der Waals surface area contributed by atoms with Gasteiger partial charge in [0.05, 0.1) is 5.60 Å². The van der Waals surface area contributed by atoms with Crippen molar-refractivity contribution in [2.45, 2.75) is 90.1 Å². The van der Waals surface area contributed by atoms with Crippen molar-refractivity contribution in [1.82, 2.24) is 0 Å². The first-order chi connectivity index (χ1) is 8.63. The molecule has 106 valence electrons. The van der Waals surface area contributed by atoms with E-state index in [0.29, 0.717) is 17.8 Å². The van der Waals surface area contributed by atoms with E-state index in [9.17, 15) is 5.11 Å². The smallest absolute Gasteiger partial charge is 0.0706 e. The Morgan fingerprint density at radius 1 is 0.833 bits per heavy atom. The summed E-state index contributed by atoms with van der Waals surface area (Å²) in [5.41, 5.74) is -0.338. The van der Waals surface area contributed by atoms with Crippen LogP contribution in [0.25, 0.3) is 0 Å². The molecule has 1 nitrogen and oxygen atoms in total. The first kappa shape index (κ1) is 14.4. The van der Waals surface area contributed by atoms with Crippen LogP contribution in [0.4, 0.5) is 0 Å². The third-order valence-electron chi connectivity index (χ3n) is 5.36. The minimum atomic E-state index is -0.338. The number of rotatable bonds is 4. The SMILES string of the molecule is CC(C)CC(O)(C1CCCCC1)C1CCCCC1. The zero-order valence-corrected chi connectivity index (χ0v) is 12.5.